The van der Waals surface area contributed by atoms with E-state index in [-0.39, 0.29) is 23.3 Å². The fraction of sp³-hybridized carbons (Fsp3) is 0.556. The number of fused-ring (bicyclic) bond motifs is 1. The fourth-order valence-electron chi connectivity index (χ4n) is 4.01. The monoisotopic (exact) mass is 300 g/mol. The number of para-hydroxylation sites is 1. The molecule has 2 atom stereocenters. The van der Waals surface area contributed by atoms with Gasteiger partial charge in [-0.15, -0.1) is 0 Å². The topological polar surface area (TPSA) is 40.6 Å². The summed E-state index contributed by atoms with van der Waals surface area (Å²) in [5.74, 6) is 0.359. The first-order chi connectivity index (χ1) is 10.3. The van der Waals surface area contributed by atoms with E-state index < -0.39 is 0 Å². The Morgan fingerprint density at radius 2 is 1.95 bits per heavy atom. The van der Waals surface area contributed by atoms with Gasteiger partial charge in [-0.3, -0.25) is 9.59 Å². The maximum atomic E-state index is 13.1. The second-order valence-electron chi connectivity index (χ2n) is 7.33. The molecule has 4 nitrogen and oxygen atoms in total. The first-order valence-electron chi connectivity index (χ1n) is 7.98. The molecule has 0 spiro atoms. The van der Waals surface area contributed by atoms with Crippen LogP contribution in [0.1, 0.15) is 45.1 Å². The predicted molar refractivity (Wildman–Crippen MR) is 86.8 cm³/mol. The van der Waals surface area contributed by atoms with Crippen LogP contribution < -0.4 is 4.90 Å². The molecule has 2 aliphatic rings. The number of likely N-dealkylation sites (tertiary alicyclic amines) is 1. The Labute approximate surface area is 132 Å². The van der Waals surface area contributed by atoms with Crippen LogP contribution in [0.3, 0.4) is 0 Å². The van der Waals surface area contributed by atoms with E-state index in [1.54, 1.807) is 11.9 Å². The van der Waals surface area contributed by atoms with Gasteiger partial charge < -0.3 is 9.80 Å². The highest BCUT2D eigenvalue weighted by Crippen LogP contribution is 2.44. The Morgan fingerprint density at radius 3 is 2.59 bits per heavy atom. The maximum absolute atomic E-state index is 13.1. The molecule has 1 aromatic rings. The van der Waals surface area contributed by atoms with Crippen molar-refractivity contribution in [3.63, 3.8) is 0 Å². The predicted octanol–water partition coefficient (Wildman–Crippen LogP) is 2.78. The average Bonchev–Trinajstić information content (AvgIpc) is 2.78. The van der Waals surface area contributed by atoms with Gasteiger partial charge in [-0.25, -0.2) is 0 Å². The van der Waals surface area contributed by atoms with Gasteiger partial charge in [-0.2, -0.15) is 0 Å². The van der Waals surface area contributed by atoms with Gasteiger partial charge in [-0.05, 0) is 37.8 Å². The van der Waals surface area contributed by atoms with Crippen LogP contribution in [0.4, 0.5) is 5.69 Å². The number of benzene rings is 1. The largest absolute Gasteiger partial charge is 0.345 e. The molecule has 1 fully saturated rings. The molecule has 22 heavy (non-hydrogen) atoms. The average molecular weight is 300 g/mol. The summed E-state index contributed by atoms with van der Waals surface area (Å²) in [5.41, 5.74) is 2.01. The Morgan fingerprint density at radius 1 is 1.27 bits per heavy atom. The first kappa shape index (κ1) is 15.1. The van der Waals surface area contributed by atoms with Crippen molar-refractivity contribution in [2.45, 2.75) is 45.1 Å². The quantitative estimate of drug-likeness (QED) is 0.800. The molecule has 0 aromatic heterocycles. The van der Waals surface area contributed by atoms with E-state index in [0.717, 1.165) is 12.1 Å². The summed E-state index contributed by atoms with van der Waals surface area (Å²) in [7, 11) is 1.77. The number of carbonyl (C=O) groups excluding carboxylic acids is 2. The van der Waals surface area contributed by atoms with Gasteiger partial charge >= 0.3 is 0 Å². The van der Waals surface area contributed by atoms with Crippen molar-refractivity contribution in [2.75, 3.05) is 18.5 Å². The molecule has 4 heteroatoms. The Hall–Kier alpha value is -1.84. The first-order valence-corrected chi connectivity index (χ1v) is 7.98. The lowest BCUT2D eigenvalue weighted by Crippen LogP contribution is -2.53. The van der Waals surface area contributed by atoms with Crippen molar-refractivity contribution in [3.05, 3.63) is 29.8 Å². The minimum Gasteiger partial charge on any atom is -0.345 e. The number of nitrogens with zero attached hydrogens (tertiary/aromatic N) is 2. The Bertz CT molecular complexity index is 623. The van der Waals surface area contributed by atoms with Crippen LogP contribution >= 0.6 is 0 Å². The zero-order valence-electron chi connectivity index (χ0n) is 13.8. The summed E-state index contributed by atoms with van der Waals surface area (Å²) >= 11 is 0. The molecule has 2 heterocycles. The minimum absolute atomic E-state index is 0.0646. The summed E-state index contributed by atoms with van der Waals surface area (Å²) in [5, 5.41) is 0. The lowest BCUT2D eigenvalue weighted by atomic mass is 9.79. The molecule has 0 radical (unpaired) electrons. The van der Waals surface area contributed by atoms with Crippen LogP contribution in [0.15, 0.2) is 24.3 Å². The van der Waals surface area contributed by atoms with Crippen molar-refractivity contribution < 1.29 is 9.59 Å². The molecule has 0 N–H and O–H groups in total. The highest BCUT2D eigenvalue weighted by Gasteiger charge is 2.44. The van der Waals surface area contributed by atoms with E-state index in [1.807, 2.05) is 23.1 Å². The number of hydrogen-bond donors (Lipinski definition) is 0. The van der Waals surface area contributed by atoms with Crippen LogP contribution in [0.5, 0.6) is 0 Å². The zero-order valence-corrected chi connectivity index (χ0v) is 13.8. The molecule has 1 saturated heterocycles. The Balaban J connectivity index is 1.99. The van der Waals surface area contributed by atoms with Crippen molar-refractivity contribution in [2.24, 2.45) is 5.92 Å². The summed E-state index contributed by atoms with van der Waals surface area (Å²) < 4.78 is 0. The highest BCUT2D eigenvalue weighted by atomic mass is 16.2. The van der Waals surface area contributed by atoms with E-state index in [0.29, 0.717) is 18.9 Å². The third-order valence-electron chi connectivity index (χ3n) is 5.03. The fourth-order valence-corrected chi connectivity index (χ4v) is 4.01. The van der Waals surface area contributed by atoms with E-state index in [2.05, 4.69) is 26.8 Å². The van der Waals surface area contributed by atoms with E-state index in [1.165, 1.54) is 5.56 Å². The van der Waals surface area contributed by atoms with Crippen LogP contribution in [-0.4, -0.2) is 35.8 Å². The molecule has 0 bridgehead atoms. The lowest BCUT2D eigenvalue weighted by molar-refractivity contribution is -0.128. The Kier molecular flexibility index (Phi) is 3.50. The van der Waals surface area contributed by atoms with Gasteiger partial charge in [0.25, 0.3) is 0 Å². The maximum Gasteiger partial charge on any atom is 0.232 e. The van der Waals surface area contributed by atoms with Crippen LogP contribution in [0.25, 0.3) is 0 Å². The summed E-state index contributed by atoms with van der Waals surface area (Å²) in [4.78, 5) is 28.5. The summed E-state index contributed by atoms with van der Waals surface area (Å²) in [6, 6.07) is 8.16. The highest BCUT2D eigenvalue weighted by molar-refractivity contribution is 6.01. The summed E-state index contributed by atoms with van der Waals surface area (Å²) in [6.07, 6.45) is 1.27. The summed E-state index contributed by atoms with van der Waals surface area (Å²) in [6.45, 7) is 6.99. The van der Waals surface area contributed by atoms with E-state index in [9.17, 15) is 9.59 Å². The van der Waals surface area contributed by atoms with Crippen LogP contribution in [0.2, 0.25) is 0 Å². The second kappa shape index (κ2) is 5.11. The van der Waals surface area contributed by atoms with Crippen LogP contribution in [-0.2, 0) is 9.59 Å². The standard InChI is InChI=1S/C18H24N2O2/c1-12-10-18(2,3)20(15-8-6-5-7-14(12)15)17(22)13-9-16(21)19(4)11-13/h5-8,12-13H,9-11H2,1-4H3. The lowest BCUT2D eigenvalue weighted by Gasteiger charge is -2.46. The number of rotatable bonds is 1. The minimum atomic E-state index is -0.227. The van der Waals surface area contributed by atoms with Gasteiger partial charge in [0.15, 0.2) is 0 Å². The van der Waals surface area contributed by atoms with Crippen LogP contribution in [0, 0.1) is 5.92 Å². The molecule has 2 unspecified atom stereocenters. The molecule has 0 aliphatic carbocycles. The second-order valence-corrected chi connectivity index (χ2v) is 7.33. The number of anilines is 1. The van der Waals surface area contributed by atoms with Gasteiger partial charge in [0.1, 0.15) is 0 Å². The molecular formula is C18H24N2O2. The molecule has 2 aliphatic heterocycles. The number of amides is 2. The number of hydrogen-bond acceptors (Lipinski definition) is 2. The smallest absolute Gasteiger partial charge is 0.232 e. The molecule has 2 amide bonds. The van der Waals surface area contributed by atoms with Gasteiger partial charge in [0.05, 0.1) is 5.92 Å². The molecule has 1 aromatic carbocycles. The van der Waals surface area contributed by atoms with Gasteiger partial charge in [0.2, 0.25) is 11.8 Å². The van der Waals surface area contributed by atoms with E-state index in [4.69, 9.17) is 0 Å². The molecule has 118 valence electrons. The van der Waals surface area contributed by atoms with Crippen molar-refractivity contribution >= 4 is 17.5 Å². The van der Waals surface area contributed by atoms with Crippen molar-refractivity contribution in [3.8, 4) is 0 Å². The zero-order chi connectivity index (χ0) is 16.1. The molecule has 0 saturated carbocycles. The van der Waals surface area contributed by atoms with Gasteiger partial charge in [-0.1, -0.05) is 25.1 Å². The number of carbonyl (C=O) groups is 2. The van der Waals surface area contributed by atoms with Gasteiger partial charge in [0, 0.05) is 31.2 Å². The molecular weight excluding hydrogens is 276 g/mol. The SMILES string of the molecule is CC1CC(C)(C)N(C(=O)C2CC(=O)N(C)C2)c2ccccc21. The third kappa shape index (κ3) is 2.31. The van der Waals surface area contributed by atoms with Crippen molar-refractivity contribution in [1.29, 1.82) is 0 Å². The van der Waals surface area contributed by atoms with E-state index >= 15 is 0 Å². The normalized spacial score (nSPS) is 27.0. The third-order valence-corrected chi connectivity index (χ3v) is 5.03. The molecule has 3 rings (SSSR count). The van der Waals surface area contributed by atoms with Crippen molar-refractivity contribution in [1.82, 2.24) is 4.90 Å².